The molecule has 2 aromatic rings. The van der Waals surface area contributed by atoms with Gasteiger partial charge in [-0.25, -0.2) is 4.79 Å². The molecule has 202 valence electrons. The Morgan fingerprint density at radius 2 is 1.68 bits per heavy atom. The number of carbonyl (C=O) groups excluding carboxylic acids is 2. The Balaban J connectivity index is 1.42. The zero-order chi connectivity index (χ0) is 27.1. The number of hydrogen-bond donors (Lipinski definition) is 2. The first-order valence-corrected chi connectivity index (χ1v) is 14.1. The number of amides is 3. The van der Waals surface area contributed by atoms with Crippen LogP contribution < -0.4 is 16.0 Å². The van der Waals surface area contributed by atoms with Gasteiger partial charge in [-0.1, -0.05) is 43.7 Å². The van der Waals surface area contributed by atoms with E-state index in [1.54, 1.807) is 0 Å². The number of anilines is 2. The predicted molar refractivity (Wildman–Crippen MR) is 155 cm³/mol. The van der Waals surface area contributed by atoms with Crippen molar-refractivity contribution in [1.29, 1.82) is 0 Å². The quantitative estimate of drug-likeness (QED) is 0.361. The number of carbonyl (C=O) groups is 2. The maximum atomic E-state index is 13.9. The second-order valence-corrected chi connectivity index (χ2v) is 12.6. The number of urea groups is 1. The van der Waals surface area contributed by atoms with Gasteiger partial charge in [-0.3, -0.25) is 4.79 Å². The zero-order valence-corrected chi connectivity index (χ0v) is 23.3. The number of likely N-dealkylation sites (tertiary alicyclic amines) is 1. The SMILES string of the molecule is CC1CC=C(c2ccc(C3N(c4ccc(N)cc4)C(=O)C34CCN(C(=O)NC(C)(C)C)CC4)cc2)CCC1. The van der Waals surface area contributed by atoms with E-state index in [1.807, 2.05) is 54.8 Å². The standard InChI is InChI=1S/C32H42N4O2/c1-22-6-5-7-23(9-8-22)24-10-12-25(13-11-24)28-32(29(37)36(28)27-16-14-26(33)15-17-27)18-20-35(21-19-32)30(38)34-31(2,3)4/h9-17,22,28H,5-8,18-21,33H2,1-4H3,(H,34,38). The predicted octanol–water partition coefficient (Wildman–Crippen LogP) is 6.54. The first kappa shape index (κ1) is 26.3. The fourth-order valence-corrected chi connectivity index (χ4v) is 6.37. The van der Waals surface area contributed by atoms with Crippen molar-refractivity contribution in [3.8, 4) is 0 Å². The molecule has 1 aliphatic carbocycles. The van der Waals surface area contributed by atoms with E-state index >= 15 is 0 Å². The normalized spacial score (nSPS) is 23.5. The molecule has 2 saturated heterocycles. The summed E-state index contributed by atoms with van der Waals surface area (Å²) in [6.45, 7) is 9.44. The molecule has 1 spiro atoms. The van der Waals surface area contributed by atoms with Crippen LogP contribution in [-0.4, -0.2) is 35.5 Å². The molecule has 2 aliphatic heterocycles. The Morgan fingerprint density at radius 3 is 2.32 bits per heavy atom. The fourth-order valence-electron chi connectivity index (χ4n) is 6.37. The van der Waals surface area contributed by atoms with Gasteiger partial charge in [0.25, 0.3) is 0 Å². The summed E-state index contributed by atoms with van der Waals surface area (Å²) in [5, 5.41) is 3.07. The van der Waals surface area contributed by atoms with Crippen LogP contribution in [0, 0.1) is 11.3 Å². The Kier molecular flexibility index (Phi) is 7.01. The topological polar surface area (TPSA) is 78.7 Å². The Bertz CT molecular complexity index is 1200. The van der Waals surface area contributed by atoms with Crippen molar-refractivity contribution in [3.05, 3.63) is 65.7 Å². The number of benzene rings is 2. The van der Waals surface area contributed by atoms with Crippen molar-refractivity contribution in [3.63, 3.8) is 0 Å². The molecule has 5 rings (SSSR count). The lowest BCUT2D eigenvalue weighted by molar-refractivity contribution is -0.144. The summed E-state index contributed by atoms with van der Waals surface area (Å²) >= 11 is 0. The van der Waals surface area contributed by atoms with Crippen molar-refractivity contribution in [2.24, 2.45) is 11.3 Å². The lowest BCUT2D eigenvalue weighted by Gasteiger charge is -2.59. The van der Waals surface area contributed by atoms with E-state index in [4.69, 9.17) is 5.73 Å². The largest absolute Gasteiger partial charge is 0.399 e. The smallest absolute Gasteiger partial charge is 0.317 e. The fraction of sp³-hybridized carbons (Fsp3) is 0.500. The average molecular weight is 515 g/mol. The first-order valence-electron chi connectivity index (χ1n) is 14.1. The highest BCUT2D eigenvalue weighted by molar-refractivity contribution is 6.06. The Morgan fingerprint density at radius 1 is 1.03 bits per heavy atom. The molecule has 2 fully saturated rings. The molecule has 38 heavy (non-hydrogen) atoms. The van der Waals surface area contributed by atoms with Gasteiger partial charge >= 0.3 is 6.03 Å². The van der Waals surface area contributed by atoms with Gasteiger partial charge in [0.15, 0.2) is 0 Å². The van der Waals surface area contributed by atoms with Gasteiger partial charge in [-0.05, 0) is 99.8 Å². The van der Waals surface area contributed by atoms with Crippen LogP contribution in [0.2, 0.25) is 0 Å². The highest BCUT2D eigenvalue weighted by Crippen LogP contribution is 2.57. The van der Waals surface area contributed by atoms with Crippen molar-refractivity contribution < 1.29 is 9.59 Å². The maximum absolute atomic E-state index is 13.9. The van der Waals surface area contributed by atoms with Gasteiger partial charge in [0.05, 0.1) is 11.5 Å². The summed E-state index contributed by atoms with van der Waals surface area (Å²) < 4.78 is 0. The van der Waals surface area contributed by atoms with E-state index in [-0.39, 0.29) is 23.5 Å². The summed E-state index contributed by atoms with van der Waals surface area (Å²) in [6, 6.07) is 16.4. The van der Waals surface area contributed by atoms with E-state index in [2.05, 4.69) is 42.6 Å². The highest BCUT2D eigenvalue weighted by atomic mass is 16.2. The molecule has 3 amide bonds. The van der Waals surface area contributed by atoms with Crippen molar-refractivity contribution in [1.82, 2.24) is 10.2 Å². The molecule has 2 heterocycles. The van der Waals surface area contributed by atoms with E-state index in [9.17, 15) is 9.59 Å². The summed E-state index contributed by atoms with van der Waals surface area (Å²) in [5.41, 5.74) is 10.6. The third-order valence-corrected chi connectivity index (χ3v) is 8.53. The van der Waals surface area contributed by atoms with Crippen LogP contribution in [-0.2, 0) is 4.79 Å². The first-order chi connectivity index (χ1) is 18.1. The molecule has 3 aliphatic rings. The van der Waals surface area contributed by atoms with Gasteiger partial charge in [-0.15, -0.1) is 0 Å². The van der Waals surface area contributed by atoms with Gasteiger partial charge in [-0.2, -0.15) is 0 Å². The number of nitrogen functional groups attached to an aromatic ring is 1. The molecule has 2 aromatic carbocycles. The van der Waals surface area contributed by atoms with Crippen molar-refractivity contribution in [2.45, 2.75) is 77.8 Å². The molecule has 2 atom stereocenters. The van der Waals surface area contributed by atoms with Crippen LogP contribution in [0.15, 0.2) is 54.6 Å². The number of allylic oxidation sites excluding steroid dienone is 2. The molecule has 3 N–H and O–H groups in total. The number of nitrogens with two attached hydrogens (primary N) is 1. The molecule has 0 saturated carbocycles. The number of piperidine rings is 1. The van der Waals surface area contributed by atoms with E-state index in [1.165, 1.54) is 24.0 Å². The highest BCUT2D eigenvalue weighted by Gasteiger charge is 2.62. The van der Waals surface area contributed by atoms with Crippen LogP contribution in [0.3, 0.4) is 0 Å². The second kappa shape index (κ2) is 10.1. The van der Waals surface area contributed by atoms with Crippen LogP contribution in [0.1, 0.15) is 83.4 Å². The molecular formula is C32H42N4O2. The molecule has 0 radical (unpaired) electrons. The van der Waals surface area contributed by atoms with Crippen molar-refractivity contribution >= 4 is 28.9 Å². The number of rotatable bonds is 3. The minimum Gasteiger partial charge on any atom is -0.399 e. The number of nitrogens with one attached hydrogen (secondary N) is 1. The van der Waals surface area contributed by atoms with E-state index in [0.717, 1.165) is 30.0 Å². The second-order valence-electron chi connectivity index (χ2n) is 12.6. The van der Waals surface area contributed by atoms with Gasteiger partial charge in [0.2, 0.25) is 5.91 Å². The number of hydrogen-bond acceptors (Lipinski definition) is 3. The lowest BCUT2D eigenvalue weighted by Crippen LogP contribution is -2.67. The van der Waals surface area contributed by atoms with Crippen LogP contribution in [0.5, 0.6) is 0 Å². The summed E-state index contributed by atoms with van der Waals surface area (Å²) in [4.78, 5) is 30.5. The molecule has 2 unspecified atom stereocenters. The minimum atomic E-state index is -0.502. The molecule has 0 aromatic heterocycles. The van der Waals surface area contributed by atoms with Crippen LogP contribution >= 0.6 is 0 Å². The average Bonchev–Trinajstić information content (AvgIpc) is 3.11. The van der Waals surface area contributed by atoms with Gasteiger partial charge in [0.1, 0.15) is 0 Å². The number of nitrogens with zero attached hydrogens (tertiary/aromatic N) is 2. The summed E-state index contributed by atoms with van der Waals surface area (Å²) in [7, 11) is 0. The van der Waals surface area contributed by atoms with E-state index < -0.39 is 5.41 Å². The van der Waals surface area contributed by atoms with Crippen molar-refractivity contribution in [2.75, 3.05) is 23.7 Å². The van der Waals surface area contributed by atoms with E-state index in [0.29, 0.717) is 31.6 Å². The van der Waals surface area contributed by atoms with Gasteiger partial charge < -0.3 is 20.9 Å². The maximum Gasteiger partial charge on any atom is 0.317 e. The number of β-lactam (4-membered cyclic amide) rings is 1. The third kappa shape index (κ3) is 5.05. The minimum absolute atomic E-state index is 0.0543. The monoisotopic (exact) mass is 514 g/mol. The third-order valence-electron chi connectivity index (χ3n) is 8.53. The summed E-state index contributed by atoms with van der Waals surface area (Å²) in [5.74, 6) is 0.894. The summed E-state index contributed by atoms with van der Waals surface area (Å²) in [6.07, 6.45) is 8.52. The zero-order valence-electron chi connectivity index (χ0n) is 23.3. The molecule has 6 heteroatoms. The Labute approximate surface area is 227 Å². The molecular weight excluding hydrogens is 472 g/mol. The Hall–Kier alpha value is -3.28. The van der Waals surface area contributed by atoms with Crippen LogP contribution in [0.4, 0.5) is 16.2 Å². The van der Waals surface area contributed by atoms with Crippen LogP contribution in [0.25, 0.3) is 5.57 Å². The van der Waals surface area contributed by atoms with Gasteiger partial charge in [0, 0.05) is 30.0 Å². The lowest BCUT2D eigenvalue weighted by atomic mass is 9.62. The molecule has 0 bridgehead atoms. The molecule has 6 nitrogen and oxygen atoms in total.